The van der Waals surface area contributed by atoms with Gasteiger partial charge in [0.05, 0.1) is 7.11 Å². The monoisotopic (exact) mass is 258 g/mol. The molecule has 0 N–H and O–H groups in total. The van der Waals surface area contributed by atoms with Crippen molar-refractivity contribution in [1.82, 2.24) is 0 Å². The van der Waals surface area contributed by atoms with Crippen LogP contribution in [0.1, 0.15) is 0 Å². The van der Waals surface area contributed by atoms with Crippen molar-refractivity contribution in [3.63, 3.8) is 0 Å². The van der Waals surface area contributed by atoms with Gasteiger partial charge in [0, 0.05) is 5.75 Å². The summed E-state index contributed by atoms with van der Waals surface area (Å²) in [5, 5.41) is 0. The van der Waals surface area contributed by atoms with Gasteiger partial charge in [-0.15, -0.1) is 12.1 Å². The average molecular weight is 258 g/mol. The fraction of sp³-hybridized carbons (Fsp3) is 0.143. The molecule has 0 fully saturated rings. The van der Waals surface area contributed by atoms with Crippen LogP contribution in [0.4, 0.5) is 0 Å². The molecule has 0 saturated heterocycles. The van der Waals surface area contributed by atoms with E-state index in [1.54, 1.807) is 7.11 Å². The Morgan fingerprint density at radius 2 is 2.10 bits per heavy atom. The summed E-state index contributed by atoms with van der Waals surface area (Å²) in [5.41, 5.74) is 0. The van der Waals surface area contributed by atoms with Crippen molar-refractivity contribution >= 4 is 23.1 Å². The largest absolute Gasteiger partial charge is 2.00 e. The summed E-state index contributed by atoms with van der Waals surface area (Å²) >= 11 is 0. The van der Waals surface area contributed by atoms with E-state index in [9.17, 15) is 0 Å². The van der Waals surface area contributed by atoms with Crippen LogP contribution < -0.4 is 28.7 Å². The van der Waals surface area contributed by atoms with Crippen LogP contribution >= 0.6 is 0 Å². The van der Waals surface area contributed by atoms with Crippen molar-refractivity contribution in [3.05, 3.63) is 30.3 Å². The quantitative estimate of drug-likeness (QED) is 0.325. The number of halogens is 1. The molecule has 3 heteroatoms. The molecule has 50 valence electrons. The molecule has 1 rings (SSSR count). The van der Waals surface area contributed by atoms with Gasteiger partial charge in [-0.3, -0.25) is 0 Å². The summed E-state index contributed by atoms with van der Waals surface area (Å²) in [6, 6.07) is 10.4. The summed E-state index contributed by atoms with van der Waals surface area (Å²) in [6.45, 7) is 0. The molecule has 0 aromatic heterocycles. The maximum absolute atomic E-state index is 4.86. The third-order valence-corrected chi connectivity index (χ3v) is 0.900. The number of ether oxygens (including phenoxy) is 1. The second-order valence-corrected chi connectivity index (χ2v) is 1.43. The molecule has 0 saturated carbocycles. The zero-order chi connectivity index (χ0) is 5.82. The smallest absolute Gasteiger partial charge is 1.00 e. The Bertz CT molecular complexity index is 155. The molecule has 0 radical (unpaired) electrons. The van der Waals surface area contributed by atoms with E-state index in [1.165, 1.54) is 0 Å². The van der Waals surface area contributed by atoms with E-state index >= 15 is 0 Å². The van der Waals surface area contributed by atoms with Crippen molar-refractivity contribution < 1.29 is 28.7 Å². The molecule has 0 spiro atoms. The summed E-state index contributed by atoms with van der Waals surface area (Å²) < 4.78 is 4.86. The zero-order valence-electron chi connectivity index (χ0n) is 5.80. The molecule has 0 heterocycles. The molecule has 0 amide bonds. The maximum atomic E-state index is 4.86. The van der Waals surface area contributed by atoms with E-state index in [-0.39, 0.29) is 47.0 Å². The summed E-state index contributed by atoms with van der Waals surface area (Å²) in [6.07, 6.45) is 0. The van der Waals surface area contributed by atoms with Crippen LogP contribution in [0.25, 0.3) is 0 Å². The van der Waals surface area contributed by atoms with Gasteiger partial charge in [-0.2, -0.15) is 18.2 Å². The van der Waals surface area contributed by atoms with Crippen LogP contribution in [-0.4, -0.2) is 30.2 Å². The van der Waals surface area contributed by atoms with Gasteiger partial charge in [0.2, 0.25) is 0 Å². The molecule has 0 unspecified atom stereocenters. The Balaban J connectivity index is 0. The first-order valence-electron chi connectivity index (χ1n) is 2.44. The predicted octanol–water partition coefficient (Wildman–Crippen LogP) is -1.88. The molecule has 1 nitrogen and oxygen atoms in total. The van der Waals surface area contributed by atoms with Gasteiger partial charge in [-0.05, 0) is 0 Å². The molecule has 0 bridgehead atoms. The van der Waals surface area contributed by atoms with Gasteiger partial charge in [0.1, 0.15) is 0 Å². The van der Waals surface area contributed by atoms with Crippen molar-refractivity contribution in [2.75, 3.05) is 7.11 Å². The van der Waals surface area contributed by atoms with Crippen molar-refractivity contribution in [3.8, 4) is 5.75 Å². The Morgan fingerprint density at radius 3 is 2.40 bits per heavy atom. The SMILES string of the molecule is COc1[c-]cccc1.[I-].[Mg+2]. The van der Waals surface area contributed by atoms with E-state index in [0.29, 0.717) is 0 Å². The third-order valence-electron chi connectivity index (χ3n) is 0.900. The number of rotatable bonds is 1. The van der Waals surface area contributed by atoms with Crippen LogP contribution in [-0.2, 0) is 0 Å². The molecule has 0 atom stereocenters. The first kappa shape index (κ1) is 13.1. The fourth-order valence-electron chi connectivity index (χ4n) is 0.504. The number of hydrogen-bond donors (Lipinski definition) is 0. The molecular formula is C7H7IMgO. The molecule has 0 aliphatic heterocycles. The van der Waals surface area contributed by atoms with Gasteiger partial charge in [-0.1, -0.05) is 0 Å². The third kappa shape index (κ3) is 4.35. The number of hydrogen-bond acceptors (Lipinski definition) is 1. The van der Waals surface area contributed by atoms with Gasteiger partial charge < -0.3 is 28.7 Å². The Hall–Kier alpha value is 0.516. The minimum Gasteiger partial charge on any atom is -1.00 e. The normalized spacial score (nSPS) is 6.90. The molecular weight excluding hydrogens is 251 g/mol. The topological polar surface area (TPSA) is 9.23 Å². The Labute approximate surface area is 94.3 Å². The summed E-state index contributed by atoms with van der Waals surface area (Å²) in [5.74, 6) is 0.785. The minimum absolute atomic E-state index is 0. The fourth-order valence-corrected chi connectivity index (χ4v) is 0.504. The van der Waals surface area contributed by atoms with Crippen LogP contribution in [0, 0.1) is 6.07 Å². The van der Waals surface area contributed by atoms with E-state index < -0.39 is 0 Å². The average Bonchev–Trinajstić information content (AvgIpc) is 1.90. The van der Waals surface area contributed by atoms with Crippen LogP contribution in [0.2, 0.25) is 0 Å². The second-order valence-electron chi connectivity index (χ2n) is 1.43. The molecule has 1 aromatic rings. The van der Waals surface area contributed by atoms with Gasteiger partial charge in [0.25, 0.3) is 0 Å². The zero-order valence-corrected chi connectivity index (χ0v) is 9.37. The Kier molecular flexibility index (Phi) is 10.0. The number of methoxy groups -OCH3 is 1. The molecule has 0 aliphatic carbocycles. The van der Waals surface area contributed by atoms with Crippen molar-refractivity contribution in [1.29, 1.82) is 0 Å². The summed E-state index contributed by atoms with van der Waals surface area (Å²) in [4.78, 5) is 0. The first-order valence-corrected chi connectivity index (χ1v) is 2.44. The summed E-state index contributed by atoms with van der Waals surface area (Å²) in [7, 11) is 1.63. The molecule has 10 heavy (non-hydrogen) atoms. The number of para-hydroxylation sites is 1. The van der Waals surface area contributed by atoms with Crippen LogP contribution in [0.3, 0.4) is 0 Å². The van der Waals surface area contributed by atoms with E-state index in [0.717, 1.165) is 5.75 Å². The van der Waals surface area contributed by atoms with E-state index in [4.69, 9.17) is 4.74 Å². The van der Waals surface area contributed by atoms with E-state index in [2.05, 4.69) is 6.07 Å². The number of benzene rings is 1. The minimum atomic E-state index is 0. The Morgan fingerprint density at radius 1 is 1.40 bits per heavy atom. The molecule has 1 aromatic carbocycles. The molecule has 0 aliphatic rings. The maximum Gasteiger partial charge on any atom is 2.00 e. The van der Waals surface area contributed by atoms with Gasteiger partial charge in [-0.25, -0.2) is 0 Å². The standard InChI is InChI=1S/C7H7O.HI.Mg/c1-8-7-5-3-2-4-6-7;;/h2-5H,1H3;1H;/q-1;;+2/p-1. The van der Waals surface area contributed by atoms with Gasteiger partial charge >= 0.3 is 23.1 Å². The first-order chi connectivity index (χ1) is 3.93. The predicted molar refractivity (Wildman–Crippen MR) is 37.6 cm³/mol. The van der Waals surface area contributed by atoms with Crippen molar-refractivity contribution in [2.45, 2.75) is 0 Å². The van der Waals surface area contributed by atoms with Gasteiger partial charge in [0.15, 0.2) is 0 Å². The van der Waals surface area contributed by atoms with Crippen LogP contribution in [0.5, 0.6) is 5.75 Å². The van der Waals surface area contributed by atoms with Crippen LogP contribution in [0.15, 0.2) is 24.3 Å². The van der Waals surface area contributed by atoms with Crippen molar-refractivity contribution in [2.24, 2.45) is 0 Å². The second kappa shape index (κ2) is 7.62. The van der Waals surface area contributed by atoms with E-state index in [1.807, 2.05) is 24.3 Å².